The van der Waals surface area contributed by atoms with Crippen LogP contribution in [0, 0.1) is 5.41 Å². The van der Waals surface area contributed by atoms with Crippen LogP contribution in [0.3, 0.4) is 0 Å². The van der Waals surface area contributed by atoms with Crippen molar-refractivity contribution < 1.29 is 0 Å². The van der Waals surface area contributed by atoms with Crippen LogP contribution < -0.4 is 0 Å². The van der Waals surface area contributed by atoms with Crippen LogP contribution in [0.4, 0.5) is 0 Å². The predicted molar refractivity (Wildman–Crippen MR) is 75.1 cm³/mol. The van der Waals surface area contributed by atoms with Crippen LogP contribution in [0.2, 0.25) is 0 Å². The lowest BCUT2D eigenvalue weighted by Crippen LogP contribution is -2.21. The predicted octanol–water partition coefficient (Wildman–Crippen LogP) is 4.96. The van der Waals surface area contributed by atoms with E-state index in [1.165, 1.54) is 11.3 Å². The minimum absolute atomic E-state index is 0.255. The molecule has 1 atom stereocenters. The van der Waals surface area contributed by atoms with Gasteiger partial charge in [-0.15, -0.1) is 0 Å². The van der Waals surface area contributed by atoms with Gasteiger partial charge in [0.05, 0.1) is 0 Å². The first-order chi connectivity index (χ1) is 8.01. The smallest absolute Gasteiger partial charge is 0.0477 e. The molecular formula is C16H25N. The highest BCUT2D eigenvalue weighted by Crippen LogP contribution is 2.39. The molecule has 0 aliphatic rings. The SMILES string of the molecule is CC/C(C)=C\C(c1ccccn1)C(C)(C)CC. The third-order valence-corrected chi connectivity index (χ3v) is 3.77. The second-order valence-corrected chi connectivity index (χ2v) is 5.44. The van der Waals surface area contributed by atoms with Gasteiger partial charge < -0.3 is 0 Å². The van der Waals surface area contributed by atoms with Crippen LogP contribution in [0.15, 0.2) is 36.0 Å². The summed E-state index contributed by atoms with van der Waals surface area (Å²) >= 11 is 0. The van der Waals surface area contributed by atoms with Gasteiger partial charge in [0.15, 0.2) is 0 Å². The van der Waals surface area contributed by atoms with E-state index in [9.17, 15) is 0 Å². The zero-order valence-corrected chi connectivity index (χ0v) is 11.8. The fraction of sp³-hybridized carbons (Fsp3) is 0.562. The monoisotopic (exact) mass is 231 g/mol. The van der Waals surface area contributed by atoms with Crippen molar-refractivity contribution in [3.8, 4) is 0 Å². The van der Waals surface area contributed by atoms with Crippen LogP contribution in [0.1, 0.15) is 59.1 Å². The van der Waals surface area contributed by atoms with Crippen LogP contribution >= 0.6 is 0 Å². The third-order valence-electron chi connectivity index (χ3n) is 3.77. The molecule has 0 aromatic carbocycles. The summed E-state index contributed by atoms with van der Waals surface area (Å²) in [4.78, 5) is 4.54. The molecule has 0 radical (unpaired) electrons. The molecule has 0 amide bonds. The van der Waals surface area contributed by atoms with Crippen molar-refractivity contribution in [1.82, 2.24) is 4.98 Å². The number of rotatable bonds is 5. The Hall–Kier alpha value is -1.11. The Morgan fingerprint density at radius 3 is 2.53 bits per heavy atom. The Balaban J connectivity index is 3.12. The highest BCUT2D eigenvalue weighted by Gasteiger charge is 2.28. The maximum atomic E-state index is 4.54. The van der Waals surface area contributed by atoms with Crippen LogP contribution in [0.25, 0.3) is 0 Å². The van der Waals surface area contributed by atoms with Crippen LogP contribution in [-0.2, 0) is 0 Å². The van der Waals surface area contributed by atoms with Crippen molar-refractivity contribution in [2.24, 2.45) is 5.41 Å². The second-order valence-electron chi connectivity index (χ2n) is 5.44. The number of nitrogens with zero attached hydrogens (tertiary/aromatic N) is 1. The normalized spacial score (nSPS) is 14.8. The lowest BCUT2D eigenvalue weighted by atomic mass is 9.74. The van der Waals surface area contributed by atoms with Crippen molar-refractivity contribution in [2.45, 2.75) is 53.4 Å². The summed E-state index contributed by atoms with van der Waals surface area (Å²) in [6.07, 6.45) is 6.56. The molecule has 17 heavy (non-hydrogen) atoms. The highest BCUT2D eigenvalue weighted by atomic mass is 14.7. The van der Waals surface area contributed by atoms with Crippen LogP contribution in [-0.4, -0.2) is 4.98 Å². The lowest BCUT2D eigenvalue weighted by molar-refractivity contribution is 0.306. The highest BCUT2D eigenvalue weighted by molar-refractivity contribution is 5.21. The maximum absolute atomic E-state index is 4.54. The zero-order chi connectivity index (χ0) is 12.9. The van der Waals surface area contributed by atoms with E-state index in [2.05, 4.69) is 57.8 Å². The molecule has 1 aromatic rings. The average Bonchev–Trinajstić information content (AvgIpc) is 2.36. The molecule has 94 valence electrons. The first-order valence-corrected chi connectivity index (χ1v) is 6.59. The summed E-state index contributed by atoms with van der Waals surface area (Å²) in [6, 6.07) is 6.20. The number of hydrogen-bond acceptors (Lipinski definition) is 1. The molecule has 0 saturated carbocycles. The Morgan fingerprint density at radius 1 is 1.35 bits per heavy atom. The molecular weight excluding hydrogens is 206 g/mol. The van der Waals surface area contributed by atoms with Gasteiger partial charge >= 0.3 is 0 Å². The molecule has 1 aromatic heterocycles. The van der Waals surface area contributed by atoms with E-state index in [4.69, 9.17) is 0 Å². The van der Waals surface area contributed by atoms with Gasteiger partial charge in [-0.1, -0.05) is 51.8 Å². The Morgan fingerprint density at radius 2 is 2.06 bits per heavy atom. The summed E-state index contributed by atoms with van der Waals surface area (Å²) < 4.78 is 0. The summed E-state index contributed by atoms with van der Waals surface area (Å²) in [5, 5.41) is 0. The zero-order valence-electron chi connectivity index (χ0n) is 11.8. The average molecular weight is 231 g/mol. The number of allylic oxidation sites excluding steroid dienone is 2. The Kier molecular flexibility index (Phi) is 4.92. The van der Waals surface area contributed by atoms with Crippen molar-refractivity contribution in [3.63, 3.8) is 0 Å². The topological polar surface area (TPSA) is 12.9 Å². The minimum Gasteiger partial charge on any atom is -0.261 e. The fourth-order valence-corrected chi connectivity index (χ4v) is 1.89. The Bertz CT molecular complexity index is 362. The number of hydrogen-bond donors (Lipinski definition) is 0. The molecule has 1 nitrogen and oxygen atoms in total. The van der Waals surface area contributed by atoms with E-state index in [1.807, 2.05) is 12.3 Å². The van der Waals surface area contributed by atoms with Gasteiger partial charge in [-0.05, 0) is 30.9 Å². The van der Waals surface area contributed by atoms with Crippen molar-refractivity contribution in [3.05, 3.63) is 41.7 Å². The van der Waals surface area contributed by atoms with E-state index in [1.54, 1.807) is 0 Å². The Labute approximate surface area is 106 Å². The molecule has 1 heterocycles. The van der Waals surface area contributed by atoms with E-state index in [-0.39, 0.29) is 5.41 Å². The first-order valence-electron chi connectivity index (χ1n) is 6.59. The molecule has 0 N–H and O–H groups in total. The third kappa shape index (κ3) is 3.69. The second kappa shape index (κ2) is 6.00. The summed E-state index contributed by atoms with van der Waals surface area (Å²) in [7, 11) is 0. The molecule has 0 spiro atoms. The molecule has 0 saturated heterocycles. The number of aromatic nitrogens is 1. The molecule has 0 aliphatic carbocycles. The van der Waals surface area contributed by atoms with Crippen molar-refractivity contribution in [2.75, 3.05) is 0 Å². The van der Waals surface area contributed by atoms with E-state index < -0.39 is 0 Å². The largest absolute Gasteiger partial charge is 0.261 e. The molecule has 0 bridgehead atoms. The molecule has 1 heteroatoms. The minimum atomic E-state index is 0.255. The summed E-state index contributed by atoms with van der Waals surface area (Å²) in [6.45, 7) is 11.3. The lowest BCUT2D eigenvalue weighted by Gasteiger charge is -2.31. The van der Waals surface area contributed by atoms with E-state index in [0.717, 1.165) is 12.8 Å². The van der Waals surface area contributed by atoms with Crippen molar-refractivity contribution in [1.29, 1.82) is 0 Å². The van der Waals surface area contributed by atoms with Crippen LogP contribution in [0.5, 0.6) is 0 Å². The van der Waals surface area contributed by atoms with Gasteiger partial charge in [0.2, 0.25) is 0 Å². The quantitative estimate of drug-likeness (QED) is 0.653. The van der Waals surface area contributed by atoms with Gasteiger partial charge in [-0.3, -0.25) is 4.98 Å². The summed E-state index contributed by atoms with van der Waals surface area (Å²) in [5.74, 6) is 0.411. The summed E-state index contributed by atoms with van der Waals surface area (Å²) in [5.41, 5.74) is 2.89. The van der Waals surface area contributed by atoms with Gasteiger partial charge in [0, 0.05) is 17.8 Å². The fourth-order valence-electron chi connectivity index (χ4n) is 1.89. The van der Waals surface area contributed by atoms with E-state index in [0.29, 0.717) is 5.92 Å². The molecule has 0 aliphatic heterocycles. The van der Waals surface area contributed by atoms with Crippen molar-refractivity contribution >= 4 is 0 Å². The maximum Gasteiger partial charge on any atom is 0.0477 e. The van der Waals surface area contributed by atoms with E-state index >= 15 is 0 Å². The first kappa shape index (κ1) is 14.0. The molecule has 0 fully saturated rings. The molecule has 1 unspecified atom stereocenters. The molecule has 1 rings (SSSR count). The standard InChI is InChI=1S/C16H25N/c1-6-13(3)12-14(16(4,5)7-2)15-10-8-9-11-17-15/h8-12,14H,6-7H2,1-5H3/b13-12-. The van der Waals surface area contributed by atoms with Gasteiger partial charge in [-0.2, -0.15) is 0 Å². The van der Waals surface area contributed by atoms with Gasteiger partial charge in [0.25, 0.3) is 0 Å². The number of pyridine rings is 1. The van der Waals surface area contributed by atoms with Gasteiger partial charge in [0.1, 0.15) is 0 Å². The van der Waals surface area contributed by atoms with Gasteiger partial charge in [-0.25, -0.2) is 0 Å².